The molecule has 23 heavy (non-hydrogen) atoms. The van der Waals surface area contributed by atoms with Crippen LogP contribution in [0.15, 0.2) is 24.3 Å². The first-order valence-electron chi connectivity index (χ1n) is 7.72. The largest absolute Gasteiger partial charge is 0.469 e. The molecule has 7 nitrogen and oxygen atoms in total. The van der Waals surface area contributed by atoms with Crippen molar-refractivity contribution in [3.63, 3.8) is 0 Å². The molecular formula is C16H22N2O5. The quantitative estimate of drug-likeness (QED) is 0.414. The van der Waals surface area contributed by atoms with Gasteiger partial charge >= 0.3 is 5.97 Å². The third kappa shape index (κ3) is 5.61. The fourth-order valence-electron chi connectivity index (χ4n) is 2.64. The Morgan fingerprint density at radius 3 is 2.74 bits per heavy atom. The van der Waals surface area contributed by atoms with E-state index < -0.39 is 4.92 Å². The number of ether oxygens (including phenoxy) is 2. The van der Waals surface area contributed by atoms with Gasteiger partial charge in [0.15, 0.2) is 0 Å². The van der Waals surface area contributed by atoms with Gasteiger partial charge in [-0.15, -0.1) is 0 Å². The van der Waals surface area contributed by atoms with Crippen molar-refractivity contribution < 1.29 is 19.2 Å². The van der Waals surface area contributed by atoms with E-state index in [1.165, 1.54) is 19.2 Å². The number of nitro benzene ring substituents is 1. The molecule has 0 aromatic heterocycles. The summed E-state index contributed by atoms with van der Waals surface area (Å²) in [6, 6.07) is 6.50. The first-order chi connectivity index (χ1) is 11.1. The molecule has 1 aliphatic heterocycles. The minimum Gasteiger partial charge on any atom is -0.469 e. The van der Waals surface area contributed by atoms with Gasteiger partial charge in [0, 0.05) is 38.4 Å². The fourth-order valence-corrected chi connectivity index (χ4v) is 2.64. The molecule has 126 valence electrons. The van der Waals surface area contributed by atoms with E-state index in [0.29, 0.717) is 19.5 Å². The molecular weight excluding hydrogens is 300 g/mol. The van der Waals surface area contributed by atoms with E-state index >= 15 is 0 Å². The molecule has 1 saturated heterocycles. The van der Waals surface area contributed by atoms with Crippen LogP contribution < -0.4 is 0 Å². The Hall–Kier alpha value is -1.99. The van der Waals surface area contributed by atoms with Crippen molar-refractivity contribution >= 4 is 11.7 Å². The molecule has 1 aromatic carbocycles. The van der Waals surface area contributed by atoms with Crippen LogP contribution in [-0.4, -0.2) is 48.7 Å². The molecule has 0 saturated carbocycles. The van der Waals surface area contributed by atoms with E-state index in [0.717, 1.165) is 31.6 Å². The van der Waals surface area contributed by atoms with Crippen molar-refractivity contribution in [2.45, 2.75) is 31.9 Å². The molecule has 1 fully saturated rings. The van der Waals surface area contributed by atoms with Crippen molar-refractivity contribution in [3.8, 4) is 0 Å². The van der Waals surface area contributed by atoms with E-state index in [-0.39, 0.29) is 17.8 Å². The third-order valence-electron chi connectivity index (χ3n) is 3.90. The van der Waals surface area contributed by atoms with Gasteiger partial charge in [-0.05, 0) is 18.4 Å². The Labute approximate surface area is 135 Å². The van der Waals surface area contributed by atoms with Gasteiger partial charge in [0.05, 0.1) is 24.6 Å². The summed E-state index contributed by atoms with van der Waals surface area (Å²) < 4.78 is 10.3. The molecule has 0 spiro atoms. The standard InChI is InChI=1S/C16H22N2O5/c1-22-16(19)8-9-17(12-15-3-2-10-23-15)11-13-4-6-14(7-5-13)18(20)21/h4-7,15H,2-3,8-12H2,1H3. The molecule has 0 amide bonds. The maximum Gasteiger partial charge on any atom is 0.306 e. The molecule has 0 aliphatic carbocycles. The van der Waals surface area contributed by atoms with Crippen molar-refractivity contribution in [2.24, 2.45) is 0 Å². The summed E-state index contributed by atoms with van der Waals surface area (Å²) in [7, 11) is 1.38. The molecule has 1 aromatic rings. The minimum absolute atomic E-state index is 0.0778. The van der Waals surface area contributed by atoms with Crippen molar-refractivity contribution in [3.05, 3.63) is 39.9 Å². The van der Waals surface area contributed by atoms with Crippen LogP contribution >= 0.6 is 0 Å². The number of carbonyl (C=O) groups excluding carboxylic acids is 1. The zero-order valence-corrected chi connectivity index (χ0v) is 13.3. The Morgan fingerprint density at radius 2 is 2.17 bits per heavy atom. The van der Waals surface area contributed by atoms with Gasteiger partial charge in [0.1, 0.15) is 0 Å². The van der Waals surface area contributed by atoms with Gasteiger partial charge in [-0.2, -0.15) is 0 Å². The number of esters is 1. The smallest absolute Gasteiger partial charge is 0.306 e. The number of carbonyl (C=O) groups is 1. The lowest BCUT2D eigenvalue weighted by atomic mass is 10.1. The number of hydrogen-bond donors (Lipinski definition) is 0. The fraction of sp³-hybridized carbons (Fsp3) is 0.562. The minimum atomic E-state index is -0.412. The molecule has 1 aliphatic rings. The van der Waals surface area contributed by atoms with Crippen molar-refractivity contribution in [1.29, 1.82) is 0 Å². The second-order valence-corrected chi connectivity index (χ2v) is 5.62. The highest BCUT2D eigenvalue weighted by atomic mass is 16.6. The summed E-state index contributed by atoms with van der Waals surface area (Å²) in [5.41, 5.74) is 1.05. The zero-order chi connectivity index (χ0) is 16.7. The van der Waals surface area contributed by atoms with Crippen molar-refractivity contribution in [2.75, 3.05) is 26.8 Å². The molecule has 0 N–H and O–H groups in total. The second kappa shape index (κ2) is 8.59. The second-order valence-electron chi connectivity index (χ2n) is 5.62. The van der Waals surface area contributed by atoms with Crippen LogP contribution in [0, 0.1) is 10.1 Å². The lowest BCUT2D eigenvalue weighted by Gasteiger charge is -2.24. The van der Waals surface area contributed by atoms with Crippen LogP contribution in [-0.2, 0) is 20.8 Å². The molecule has 0 bridgehead atoms. The summed E-state index contributed by atoms with van der Waals surface area (Å²) >= 11 is 0. The predicted molar refractivity (Wildman–Crippen MR) is 84.0 cm³/mol. The SMILES string of the molecule is COC(=O)CCN(Cc1ccc([N+](=O)[O-])cc1)CC1CCCO1. The molecule has 1 heterocycles. The lowest BCUT2D eigenvalue weighted by molar-refractivity contribution is -0.384. The van der Waals surface area contributed by atoms with Gasteiger partial charge in [-0.3, -0.25) is 19.8 Å². The predicted octanol–water partition coefficient (Wildman–Crippen LogP) is 2.14. The molecule has 0 radical (unpaired) electrons. The first kappa shape index (κ1) is 17.4. The summed E-state index contributed by atoms with van der Waals surface area (Å²) in [5, 5.41) is 10.7. The molecule has 2 rings (SSSR count). The monoisotopic (exact) mass is 322 g/mol. The van der Waals surface area contributed by atoms with E-state index in [1.54, 1.807) is 12.1 Å². The maximum atomic E-state index is 11.4. The highest BCUT2D eigenvalue weighted by Gasteiger charge is 2.20. The number of benzene rings is 1. The number of hydrogen-bond acceptors (Lipinski definition) is 6. The Balaban J connectivity index is 1.96. The highest BCUT2D eigenvalue weighted by molar-refractivity contribution is 5.69. The summed E-state index contributed by atoms with van der Waals surface area (Å²) in [6.45, 7) is 2.72. The Kier molecular flexibility index (Phi) is 6.49. The number of non-ortho nitro benzene ring substituents is 1. The van der Waals surface area contributed by atoms with E-state index in [9.17, 15) is 14.9 Å². The van der Waals surface area contributed by atoms with Gasteiger partial charge in [0.2, 0.25) is 0 Å². The van der Waals surface area contributed by atoms with Crippen LogP contribution in [0.1, 0.15) is 24.8 Å². The van der Waals surface area contributed by atoms with Gasteiger partial charge in [-0.1, -0.05) is 12.1 Å². The van der Waals surface area contributed by atoms with Gasteiger partial charge in [0.25, 0.3) is 5.69 Å². The van der Waals surface area contributed by atoms with E-state index in [4.69, 9.17) is 9.47 Å². The topological polar surface area (TPSA) is 81.9 Å². The summed E-state index contributed by atoms with van der Waals surface area (Å²) in [6.07, 6.45) is 2.59. The Morgan fingerprint density at radius 1 is 1.43 bits per heavy atom. The average Bonchev–Trinajstić information content (AvgIpc) is 3.05. The number of methoxy groups -OCH3 is 1. The highest BCUT2D eigenvalue weighted by Crippen LogP contribution is 2.17. The van der Waals surface area contributed by atoms with E-state index in [2.05, 4.69) is 4.90 Å². The zero-order valence-electron chi connectivity index (χ0n) is 13.3. The third-order valence-corrected chi connectivity index (χ3v) is 3.90. The van der Waals surface area contributed by atoms with Crippen molar-refractivity contribution in [1.82, 2.24) is 4.90 Å². The molecule has 7 heteroatoms. The molecule has 1 unspecified atom stereocenters. The van der Waals surface area contributed by atoms with Crippen LogP contribution in [0.25, 0.3) is 0 Å². The van der Waals surface area contributed by atoms with Gasteiger partial charge in [-0.25, -0.2) is 0 Å². The summed E-state index contributed by atoms with van der Waals surface area (Å²) in [4.78, 5) is 23.8. The van der Waals surface area contributed by atoms with Crippen LogP contribution in [0.4, 0.5) is 5.69 Å². The maximum absolute atomic E-state index is 11.4. The number of nitrogens with zero attached hydrogens (tertiary/aromatic N) is 2. The lowest BCUT2D eigenvalue weighted by Crippen LogP contribution is -2.33. The molecule has 1 atom stereocenters. The van der Waals surface area contributed by atoms with E-state index in [1.807, 2.05) is 0 Å². The normalized spacial score (nSPS) is 17.4. The number of rotatable bonds is 8. The number of nitro groups is 1. The van der Waals surface area contributed by atoms with Crippen LogP contribution in [0.5, 0.6) is 0 Å². The van der Waals surface area contributed by atoms with Crippen LogP contribution in [0.3, 0.4) is 0 Å². The first-order valence-corrected chi connectivity index (χ1v) is 7.72. The summed E-state index contributed by atoms with van der Waals surface area (Å²) in [5.74, 6) is -0.244. The van der Waals surface area contributed by atoms with Gasteiger partial charge < -0.3 is 9.47 Å². The van der Waals surface area contributed by atoms with Crippen LogP contribution in [0.2, 0.25) is 0 Å². The average molecular weight is 322 g/mol. The Bertz CT molecular complexity index is 526.